The first-order valence-corrected chi connectivity index (χ1v) is 8.70. The fourth-order valence-corrected chi connectivity index (χ4v) is 4.25. The minimum Gasteiger partial charge on any atom is -0.310 e. The molecule has 0 radical (unpaired) electrons. The maximum atomic E-state index is 4.50. The predicted molar refractivity (Wildman–Crippen MR) is 88.2 cm³/mol. The Hall–Kier alpha value is -1.06. The monoisotopic (exact) mass is 286 g/mol. The van der Waals surface area contributed by atoms with E-state index >= 15 is 0 Å². The number of pyridine rings is 1. The Balaban J connectivity index is 1.90. The van der Waals surface area contributed by atoms with Gasteiger partial charge in [0, 0.05) is 17.6 Å². The Morgan fingerprint density at radius 2 is 2.35 bits per heavy atom. The van der Waals surface area contributed by atoms with Crippen molar-refractivity contribution in [2.75, 3.05) is 18.1 Å². The van der Waals surface area contributed by atoms with E-state index in [9.17, 15) is 0 Å². The number of nitrogens with one attached hydrogen (secondary N) is 1. The van der Waals surface area contributed by atoms with Crippen LogP contribution in [0, 0.1) is 5.92 Å². The topological polar surface area (TPSA) is 24.9 Å². The van der Waals surface area contributed by atoms with Crippen molar-refractivity contribution in [2.45, 2.75) is 25.8 Å². The summed E-state index contributed by atoms with van der Waals surface area (Å²) in [5.74, 6) is 3.34. The van der Waals surface area contributed by atoms with Gasteiger partial charge in [0.05, 0.1) is 5.52 Å². The van der Waals surface area contributed by atoms with Crippen molar-refractivity contribution in [1.82, 2.24) is 10.3 Å². The van der Waals surface area contributed by atoms with E-state index in [1.54, 1.807) is 0 Å². The standard InChI is InChI=1S/C17H22N2S/c1-2-8-19-17(15-7-10-20-12-15)14-6-5-13-4-3-9-18-16(13)11-14/h3-6,9,11,15,17,19H,2,7-8,10,12H2,1H3. The van der Waals surface area contributed by atoms with Gasteiger partial charge in [-0.1, -0.05) is 25.1 Å². The Labute approximate surface area is 125 Å². The van der Waals surface area contributed by atoms with E-state index < -0.39 is 0 Å². The van der Waals surface area contributed by atoms with Gasteiger partial charge in [0.2, 0.25) is 0 Å². The molecule has 0 amide bonds. The zero-order chi connectivity index (χ0) is 13.8. The van der Waals surface area contributed by atoms with Gasteiger partial charge in [-0.3, -0.25) is 4.98 Å². The Morgan fingerprint density at radius 3 is 3.15 bits per heavy atom. The highest BCUT2D eigenvalue weighted by Crippen LogP contribution is 2.35. The third-order valence-electron chi connectivity index (χ3n) is 4.04. The van der Waals surface area contributed by atoms with Crippen LogP contribution in [-0.2, 0) is 0 Å². The summed E-state index contributed by atoms with van der Waals surface area (Å²) >= 11 is 2.09. The molecule has 0 saturated carbocycles. The molecule has 1 aliphatic rings. The van der Waals surface area contributed by atoms with Gasteiger partial charge in [-0.05, 0) is 54.5 Å². The van der Waals surface area contributed by atoms with Crippen molar-refractivity contribution in [2.24, 2.45) is 5.92 Å². The lowest BCUT2D eigenvalue weighted by Gasteiger charge is -2.25. The molecule has 1 aromatic heterocycles. The van der Waals surface area contributed by atoms with E-state index in [0.29, 0.717) is 6.04 Å². The van der Waals surface area contributed by atoms with Crippen molar-refractivity contribution in [3.63, 3.8) is 0 Å². The molecule has 2 unspecified atom stereocenters. The van der Waals surface area contributed by atoms with Crippen LogP contribution in [0.2, 0.25) is 0 Å². The molecule has 1 aliphatic heterocycles. The SMILES string of the molecule is CCCNC(c1ccc2cccnc2c1)C1CCSC1. The minimum absolute atomic E-state index is 0.483. The van der Waals surface area contributed by atoms with Gasteiger partial charge < -0.3 is 5.32 Å². The molecule has 0 aliphatic carbocycles. The van der Waals surface area contributed by atoms with Crippen LogP contribution in [-0.4, -0.2) is 23.0 Å². The van der Waals surface area contributed by atoms with Crippen molar-refractivity contribution < 1.29 is 0 Å². The van der Waals surface area contributed by atoms with Crippen LogP contribution in [0.3, 0.4) is 0 Å². The second-order valence-corrected chi connectivity index (χ2v) is 6.66. The molecule has 3 heteroatoms. The van der Waals surface area contributed by atoms with E-state index in [-0.39, 0.29) is 0 Å². The maximum Gasteiger partial charge on any atom is 0.0705 e. The first-order valence-electron chi connectivity index (χ1n) is 7.54. The van der Waals surface area contributed by atoms with E-state index in [4.69, 9.17) is 0 Å². The van der Waals surface area contributed by atoms with Crippen LogP contribution < -0.4 is 5.32 Å². The molecule has 1 aromatic carbocycles. The normalized spacial score (nSPS) is 20.4. The molecular formula is C17H22N2S. The quantitative estimate of drug-likeness (QED) is 0.898. The lowest BCUT2D eigenvalue weighted by Crippen LogP contribution is -2.29. The number of thioether (sulfide) groups is 1. The zero-order valence-corrected chi connectivity index (χ0v) is 12.8. The molecule has 2 nitrogen and oxygen atoms in total. The highest BCUT2D eigenvalue weighted by atomic mass is 32.2. The number of rotatable bonds is 5. The third-order valence-corrected chi connectivity index (χ3v) is 5.23. The molecule has 0 bridgehead atoms. The van der Waals surface area contributed by atoms with Gasteiger partial charge in [0.1, 0.15) is 0 Å². The summed E-state index contributed by atoms with van der Waals surface area (Å²) in [7, 11) is 0. The van der Waals surface area contributed by atoms with Crippen molar-refractivity contribution >= 4 is 22.7 Å². The molecule has 1 fully saturated rings. The van der Waals surface area contributed by atoms with Crippen molar-refractivity contribution in [3.8, 4) is 0 Å². The van der Waals surface area contributed by atoms with Crippen LogP contribution in [0.5, 0.6) is 0 Å². The van der Waals surface area contributed by atoms with Crippen molar-refractivity contribution in [3.05, 3.63) is 42.1 Å². The fraction of sp³-hybridized carbons (Fsp3) is 0.471. The van der Waals surface area contributed by atoms with E-state index in [2.05, 4.69) is 53.3 Å². The van der Waals surface area contributed by atoms with Gasteiger partial charge in [0.25, 0.3) is 0 Å². The van der Waals surface area contributed by atoms with E-state index in [1.165, 1.54) is 35.3 Å². The lowest BCUT2D eigenvalue weighted by atomic mass is 9.91. The van der Waals surface area contributed by atoms with Crippen LogP contribution in [0.1, 0.15) is 31.4 Å². The number of nitrogens with zero attached hydrogens (tertiary/aromatic N) is 1. The molecule has 0 spiro atoms. The molecule has 1 N–H and O–H groups in total. The number of benzene rings is 1. The molecule has 1 saturated heterocycles. The largest absolute Gasteiger partial charge is 0.310 e. The lowest BCUT2D eigenvalue weighted by molar-refractivity contribution is 0.394. The average Bonchev–Trinajstić information content (AvgIpc) is 3.02. The zero-order valence-electron chi connectivity index (χ0n) is 12.0. The first kappa shape index (κ1) is 13.9. The van der Waals surface area contributed by atoms with Gasteiger partial charge in [-0.2, -0.15) is 11.8 Å². The molecule has 2 heterocycles. The Bertz CT molecular complexity index is 564. The highest BCUT2D eigenvalue weighted by molar-refractivity contribution is 7.99. The maximum absolute atomic E-state index is 4.50. The van der Waals surface area contributed by atoms with Crippen LogP contribution in [0.15, 0.2) is 36.5 Å². The second-order valence-electron chi connectivity index (χ2n) is 5.51. The number of hydrogen-bond acceptors (Lipinski definition) is 3. The summed E-state index contributed by atoms with van der Waals surface area (Å²) in [5, 5.41) is 4.98. The molecule has 2 aromatic rings. The van der Waals surface area contributed by atoms with Crippen molar-refractivity contribution in [1.29, 1.82) is 0 Å². The molecule has 20 heavy (non-hydrogen) atoms. The number of hydrogen-bond donors (Lipinski definition) is 1. The highest BCUT2D eigenvalue weighted by Gasteiger charge is 2.26. The summed E-state index contributed by atoms with van der Waals surface area (Å²) in [5.41, 5.74) is 2.51. The van der Waals surface area contributed by atoms with Crippen LogP contribution in [0.25, 0.3) is 10.9 Å². The first-order chi connectivity index (χ1) is 9.88. The summed E-state index contributed by atoms with van der Waals surface area (Å²) in [6.07, 6.45) is 4.39. The smallest absolute Gasteiger partial charge is 0.0705 e. The van der Waals surface area contributed by atoms with Gasteiger partial charge in [0.15, 0.2) is 0 Å². The number of fused-ring (bicyclic) bond motifs is 1. The van der Waals surface area contributed by atoms with Crippen LogP contribution >= 0.6 is 11.8 Å². The summed E-state index contributed by atoms with van der Waals surface area (Å²) in [6, 6.07) is 11.4. The van der Waals surface area contributed by atoms with E-state index in [0.717, 1.165) is 18.0 Å². The average molecular weight is 286 g/mol. The molecule has 3 rings (SSSR count). The number of aromatic nitrogens is 1. The van der Waals surface area contributed by atoms with E-state index in [1.807, 2.05) is 12.3 Å². The second kappa shape index (κ2) is 6.59. The van der Waals surface area contributed by atoms with Gasteiger partial charge in [-0.25, -0.2) is 0 Å². The summed E-state index contributed by atoms with van der Waals surface area (Å²) in [6.45, 7) is 3.32. The fourth-order valence-electron chi connectivity index (χ4n) is 2.95. The van der Waals surface area contributed by atoms with Gasteiger partial charge in [-0.15, -0.1) is 0 Å². The Kier molecular flexibility index (Phi) is 4.58. The summed E-state index contributed by atoms with van der Waals surface area (Å²) < 4.78 is 0. The summed E-state index contributed by atoms with van der Waals surface area (Å²) in [4.78, 5) is 4.50. The molecular weight excluding hydrogens is 264 g/mol. The predicted octanol–water partition coefficient (Wildman–Crippen LogP) is 4.03. The van der Waals surface area contributed by atoms with Crippen LogP contribution in [0.4, 0.5) is 0 Å². The minimum atomic E-state index is 0.483. The Morgan fingerprint density at radius 1 is 1.40 bits per heavy atom. The molecule has 106 valence electrons. The molecule has 2 atom stereocenters. The third kappa shape index (κ3) is 2.99. The van der Waals surface area contributed by atoms with Gasteiger partial charge >= 0.3 is 0 Å².